The Balaban J connectivity index is 1.57. The topological polar surface area (TPSA) is 74.6 Å². The number of carbonyl (C=O) groups excluding carboxylic acids is 1. The summed E-state index contributed by atoms with van der Waals surface area (Å²) in [7, 11) is 0. The quantitative estimate of drug-likeness (QED) is 0.446. The van der Waals surface area contributed by atoms with Crippen molar-refractivity contribution >= 4 is 11.8 Å². The number of allylic oxidation sites excluding steroid dienone is 3. The SMILES string of the molecule is C/C(=C\C12CCC3C(CCC4C3(C)CCC3C(C)C(O)CCC34C)C1=C(C(C)C)C(=O)C2)C(=O)O. The zero-order valence-corrected chi connectivity index (χ0v) is 22.7. The van der Waals surface area contributed by atoms with Crippen molar-refractivity contribution in [2.45, 2.75) is 105 Å². The summed E-state index contributed by atoms with van der Waals surface area (Å²) in [5.74, 6) is 2.14. The first-order chi connectivity index (χ1) is 16.4. The van der Waals surface area contributed by atoms with Gasteiger partial charge in [0.15, 0.2) is 5.78 Å². The van der Waals surface area contributed by atoms with Crippen LogP contribution in [-0.2, 0) is 9.59 Å². The van der Waals surface area contributed by atoms with Crippen LogP contribution in [0.15, 0.2) is 22.8 Å². The molecule has 0 heterocycles. The number of carbonyl (C=O) groups is 2. The van der Waals surface area contributed by atoms with Gasteiger partial charge >= 0.3 is 5.97 Å². The third-order valence-corrected chi connectivity index (χ3v) is 12.0. The van der Waals surface area contributed by atoms with Crippen molar-refractivity contribution in [3.8, 4) is 0 Å². The van der Waals surface area contributed by atoms with Gasteiger partial charge in [-0.2, -0.15) is 0 Å². The summed E-state index contributed by atoms with van der Waals surface area (Å²) < 4.78 is 0. The molecule has 194 valence electrons. The largest absolute Gasteiger partial charge is 0.478 e. The monoisotopic (exact) mass is 482 g/mol. The minimum Gasteiger partial charge on any atom is -0.478 e. The van der Waals surface area contributed by atoms with E-state index in [1.807, 2.05) is 6.08 Å². The van der Waals surface area contributed by atoms with Crippen molar-refractivity contribution in [3.63, 3.8) is 0 Å². The van der Waals surface area contributed by atoms with Crippen LogP contribution in [0, 0.1) is 51.8 Å². The molecule has 4 heteroatoms. The molecule has 0 aliphatic heterocycles. The average molecular weight is 483 g/mol. The van der Waals surface area contributed by atoms with Crippen molar-refractivity contribution < 1.29 is 19.8 Å². The van der Waals surface area contributed by atoms with Gasteiger partial charge < -0.3 is 10.2 Å². The Morgan fingerprint density at radius 1 is 1.00 bits per heavy atom. The molecule has 0 aromatic heterocycles. The predicted molar refractivity (Wildman–Crippen MR) is 138 cm³/mol. The summed E-state index contributed by atoms with van der Waals surface area (Å²) in [5, 5.41) is 20.3. The Kier molecular flexibility index (Phi) is 5.98. The average Bonchev–Trinajstić information content (AvgIpc) is 3.08. The highest BCUT2D eigenvalue weighted by Gasteiger charge is 2.64. The van der Waals surface area contributed by atoms with E-state index in [1.165, 1.54) is 24.8 Å². The van der Waals surface area contributed by atoms with Gasteiger partial charge in [0.2, 0.25) is 0 Å². The molecule has 5 aliphatic rings. The van der Waals surface area contributed by atoms with Crippen molar-refractivity contribution in [3.05, 3.63) is 22.8 Å². The summed E-state index contributed by atoms with van der Waals surface area (Å²) >= 11 is 0. The van der Waals surface area contributed by atoms with Gasteiger partial charge in [-0.05, 0) is 116 Å². The van der Waals surface area contributed by atoms with Crippen molar-refractivity contribution in [2.24, 2.45) is 51.8 Å². The lowest BCUT2D eigenvalue weighted by Gasteiger charge is -2.67. The van der Waals surface area contributed by atoms with Crippen LogP contribution in [0.25, 0.3) is 0 Å². The minimum atomic E-state index is -0.873. The molecule has 0 saturated heterocycles. The predicted octanol–water partition coefficient (Wildman–Crippen LogP) is 6.58. The molecule has 0 radical (unpaired) electrons. The maximum Gasteiger partial charge on any atom is 0.330 e. The number of aliphatic hydroxyl groups excluding tert-OH is 1. The third kappa shape index (κ3) is 3.48. The number of Topliss-reactive ketones (excluding diaryl/α,β-unsaturated/α-hetero) is 1. The summed E-state index contributed by atoms with van der Waals surface area (Å²) in [4.78, 5) is 25.2. The number of fused-ring (bicyclic) bond motifs is 7. The Morgan fingerprint density at radius 2 is 1.63 bits per heavy atom. The van der Waals surface area contributed by atoms with Gasteiger partial charge in [-0.25, -0.2) is 4.79 Å². The van der Waals surface area contributed by atoms with Crippen molar-refractivity contribution in [1.29, 1.82) is 0 Å². The highest BCUT2D eigenvalue weighted by atomic mass is 16.4. The lowest BCUT2D eigenvalue weighted by Crippen LogP contribution is -2.60. The normalized spacial score (nSPS) is 47.8. The van der Waals surface area contributed by atoms with E-state index >= 15 is 0 Å². The molecule has 4 saturated carbocycles. The highest BCUT2D eigenvalue weighted by molar-refractivity contribution is 6.01. The molecular weight excluding hydrogens is 436 g/mol. The summed E-state index contributed by atoms with van der Waals surface area (Å²) in [6, 6.07) is 0. The number of hydrogen-bond acceptors (Lipinski definition) is 3. The van der Waals surface area contributed by atoms with Gasteiger partial charge in [0, 0.05) is 17.4 Å². The number of aliphatic hydroxyl groups is 1. The zero-order chi connectivity index (χ0) is 25.5. The number of aliphatic carboxylic acids is 1. The number of hydrogen-bond donors (Lipinski definition) is 2. The Morgan fingerprint density at radius 3 is 2.29 bits per heavy atom. The first-order valence-corrected chi connectivity index (χ1v) is 14.2. The Labute approximate surface area is 211 Å². The molecule has 5 rings (SSSR count). The van der Waals surface area contributed by atoms with E-state index in [4.69, 9.17) is 0 Å². The van der Waals surface area contributed by atoms with Crippen molar-refractivity contribution in [1.82, 2.24) is 0 Å². The Hall–Kier alpha value is -1.42. The van der Waals surface area contributed by atoms with Crippen LogP contribution in [0.4, 0.5) is 0 Å². The molecule has 2 N–H and O–H groups in total. The molecule has 4 fully saturated rings. The van der Waals surface area contributed by atoms with E-state index in [0.29, 0.717) is 41.6 Å². The van der Waals surface area contributed by atoms with E-state index in [0.717, 1.165) is 37.7 Å². The Bertz CT molecular complexity index is 990. The van der Waals surface area contributed by atoms with Crippen LogP contribution in [0.2, 0.25) is 0 Å². The molecule has 4 nitrogen and oxygen atoms in total. The lowest BCUT2D eigenvalue weighted by atomic mass is 9.38. The van der Waals surface area contributed by atoms with Gasteiger partial charge in [0.1, 0.15) is 0 Å². The molecule has 35 heavy (non-hydrogen) atoms. The zero-order valence-electron chi connectivity index (χ0n) is 22.7. The van der Waals surface area contributed by atoms with Crippen LogP contribution >= 0.6 is 0 Å². The molecule has 0 bridgehead atoms. The number of carboxylic acids is 1. The fourth-order valence-electron chi connectivity index (χ4n) is 10.6. The highest BCUT2D eigenvalue weighted by Crippen LogP contribution is 2.71. The standard InChI is InChI=1S/C31H46O4/c1-17(2)26-24(33)16-31(15-18(3)28(34)35)14-10-22-20(27(26)31)7-8-25-29(5)13-11-23(32)19(4)21(29)9-12-30(22,25)6/h15,17,19-23,25,32H,7-14,16H2,1-6H3,(H,34,35)/b18-15+. The smallest absolute Gasteiger partial charge is 0.330 e. The molecule has 5 aliphatic carbocycles. The number of carboxylic acid groups (broad SMARTS) is 1. The maximum atomic E-state index is 13.4. The second-order valence-electron chi connectivity index (χ2n) is 13.9. The summed E-state index contributed by atoms with van der Waals surface area (Å²) in [5.41, 5.74) is 2.86. The molecule has 0 aromatic rings. The van der Waals surface area contributed by atoms with Gasteiger partial charge in [-0.15, -0.1) is 0 Å². The third-order valence-electron chi connectivity index (χ3n) is 12.0. The van der Waals surface area contributed by atoms with Crippen LogP contribution < -0.4 is 0 Å². The first kappa shape index (κ1) is 25.2. The van der Waals surface area contributed by atoms with Crippen molar-refractivity contribution in [2.75, 3.05) is 0 Å². The molecule has 0 spiro atoms. The molecule has 9 atom stereocenters. The van der Waals surface area contributed by atoms with Gasteiger partial charge in [-0.3, -0.25) is 4.79 Å². The van der Waals surface area contributed by atoms with E-state index in [9.17, 15) is 19.8 Å². The minimum absolute atomic E-state index is 0.156. The van der Waals surface area contributed by atoms with E-state index in [1.54, 1.807) is 6.92 Å². The van der Waals surface area contributed by atoms with Crippen LogP contribution in [0.5, 0.6) is 0 Å². The first-order valence-electron chi connectivity index (χ1n) is 14.2. The second-order valence-corrected chi connectivity index (χ2v) is 13.9. The molecular formula is C31H46O4. The number of ketones is 1. The molecule has 9 unspecified atom stereocenters. The van der Waals surface area contributed by atoms with Crippen LogP contribution in [0.3, 0.4) is 0 Å². The van der Waals surface area contributed by atoms with Gasteiger partial charge in [-0.1, -0.05) is 40.7 Å². The molecule has 0 amide bonds. The maximum absolute atomic E-state index is 13.4. The fourth-order valence-corrected chi connectivity index (χ4v) is 10.6. The van der Waals surface area contributed by atoms with Crippen LogP contribution in [-0.4, -0.2) is 28.1 Å². The van der Waals surface area contributed by atoms with Gasteiger partial charge in [0.25, 0.3) is 0 Å². The van der Waals surface area contributed by atoms with Gasteiger partial charge in [0.05, 0.1) is 6.10 Å². The number of rotatable bonds is 3. The summed E-state index contributed by atoms with van der Waals surface area (Å²) in [6.45, 7) is 13.3. The lowest BCUT2D eigenvalue weighted by molar-refractivity contribution is -0.177. The molecule has 0 aromatic carbocycles. The summed E-state index contributed by atoms with van der Waals surface area (Å²) in [6.07, 6.45) is 11.0. The van der Waals surface area contributed by atoms with Crippen LogP contribution in [0.1, 0.15) is 99.3 Å². The fraction of sp³-hybridized carbons (Fsp3) is 0.806. The van der Waals surface area contributed by atoms with E-state index < -0.39 is 11.4 Å². The second kappa shape index (κ2) is 8.30. The van der Waals surface area contributed by atoms with E-state index in [-0.39, 0.29) is 28.6 Å². The van der Waals surface area contributed by atoms with E-state index in [2.05, 4.69) is 34.6 Å².